The Morgan fingerprint density at radius 3 is 3.12 bits per heavy atom. The minimum absolute atomic E-state index is 0.120. The van der Waals surface area contributed by atoms with Gasteiger partial charge in [0.05, 0.1) is 25.4 Å². The van der Waals surface area contributed by atoms with Crippen molar-refractivity contribution in [2.45, 2.75) is 31.2 Å². The fourth-order valence-electron chi connectivity index (χ4n) is 4.73. The molecule has 0 bridgehead atoms. The van der Waals surface area contributed by atoms with E-state index >= 15 is 0 Å². The summed E-state index contributed by atoms with van der Waals surface area (Å²) in [4.78, 5) is 16.7. The first-order chi connectivity index (χ1) is 12.7. The SMILES string of the molecule is COc1ccc(-n2cccn2)c(CN2CC[C@@]34OCCN3C(=O)C[C@@H]24)c1. The molecule has 1 aromatic heterocycles. The van der Waals surface area contributed by atoms with Crippen molar-refractivity contribution in [2.75, 3.05) is 26.8 Å². The van der Waals surface area contributed by atoms with Gasteiger partial charge in [-0.3, -0.25) is 9.69 Å². The van der Waals surface area contributed by atoms with Gasteiger partial charge in [0.1, 0.15) is 5.75 Å². The summed E-state index contributed by atoms with van der Waals surface area (Å²) in [6, 6.07) is 8.08. The Balaban J connectivity index is 1.48. The number of carbonyl (C=O) groups excluding carboxylic acids is 1. The molecule has 1 aromatic carbocycles. The Morgan fingerprint density at radius 2 is 2.31 bits per heavy atom. The molecule has 3 saturated heterocycles. The lowest BCUT2D eigenvalue weighted by Gasteiger charge is -2.32. The Morgan fingerprint density at radius 1 is 1.38 bits per heavy atom. The second kappa shape index (κ2) is 5.82. The van der Waals surface area contributed by atoms with Crippen molar-refractivity contribution in [1.29, 1.82) is 0 Å². The van der Waals surface area contributed by atoms with Crippen LogP contribution in [0.2, 0.25) is 0 Å². The minimum atomic E-state index is -0.401. The number of hydrogen-bond donors (Lipinski definition) is 0. The van der Waals surface area contributed by atoms with Crippen molar-refractivity contribution >= 4 is 5.91 Å². The van der Waals surface area contributed by atoms with Gasteiger partial charge in [-0.1, -0.05) is 0 Å². The standard InChI is InChI=1S/C19H22N4O3/c1-25-15-3-4-16(23-7-2-6-20-23)14(11-15)13-21-8-5-19-17(21)12-18(24)22(19)9-10-26-19/h2-4,6-7,11,17H,5,8-10,12-13H2,1H3/t17-,19+/m1/s1. The van der Waals surface area contributed by atoms with Crippen molar-refractivity contribution < 1.29 is 14.3 Å². The number of benzene rings is 1. The van der Waals surface area contributed by atoms with Crippen molar-refractivity contribution in [3.63, 3.8) is 0 Å². The van der Waals surface area contributed by atoms with E-state index in [9.17, 15) is 4.79 Å². The Hall–Kier alpha value is -2.38. The topological polar surface area (TPSA) is 59.8 Å². The first-order valence-electron chi connectivity index (χ1n) is 9.07. The Kier molecular flexibility index (Phi) is 3.55. The van der Waals surface area contributed by atoms with E-state index < -0.39 is 5.72 Å². The van der Waals surface area contributed by atoms with Crippen LogP contribution in [0, 0.1) is 0 Å². The zero-order valence-corrected chi connectivity index (χ0v) is 14.8. The van der Waals surface area contributed by atoms with E-state index in [2.05, 4.69) is 16.1 Å². The second-order valence-electron chi connectivity index (χ2n) is 7.12. The fraction of sp³-hybridized carbons (Fsp3) is 0.474. The summed E-state index contributed by atoms with van der Waals surface area (Å²) in [5.41, 5.74) is 1.77. The van der Waals surface area contributed by atoms with E-state index in [4.69, 9.17) is 9.47 Å². The number of nitrogens with zero attached hydrogens (tertiary/aromatic N) is 4. The van der Waals surface area contributed by atoms with Gasteiger partial charge in [-0.25, -0.2) is 4.68 Å². The number of amides is 1. The largest absolute Gasteiger partial charge is 0.497 e. The molecule has 0 unspecified atom stereocenters. The van der Waals surface area contributed by atoms with Crippen molar-refractivity contribution in [3.8, 4) is 11.4 Å². The van der Waals surface area contributed by atoms with Crippen LogP contribution in [0.15, 0.2) is 36.7 Å². The van der Waals surface area contributed by atoms with Gasteiger partial charge in [0.25, 0.3) is 0 Å². The van der Waals surface area contributed by atoms with Crippen LogP contribution in [0.25, 0.3) is 5.69 Å². The number of rotatable bonds is 4. The van der Waals surface area contributed by atoms with Crippen molar-refractivity contribution in [3.05, 3.63) is 42.2 Å². The van der Waals surface area contributed by atoms with E-state index in [1.165, 1.54) is 0 Å². The maximum absolute atomic E-state index is 12.4. The summed E-state index contributed by atoms with van der Waals surface area (Å²) in [6.45, 7) is 3.03. The van der Waals surface area contributed by atoms with E-state index in [0.29, 0.717) is 13.0 Å². The molecule has 26 heavy (non-hydrogen) atoms. The maximum Gasteiger partial charge on any atom is 0.226 e. The molecule has 3 fully saturated rings. The van der Waals surface area contributed by atoms with E-state index in [1.54, 1.807) is 13.3 Å². The molecule has 0 N–H and O–H groups in total. The van der Waals surface area contributed by atoms with Gasteiger partial charge in [0.2, 0.25) is 5.91 Å². The average Bonchev–Trinajstić information content (AvgIpc) is 3.41. The molecule has 1 spiro atoms. The molecular weight excluding hydrogens is 332 g/mol. The summed E-state index contributed by atoms with van der Waals surface area (Å²) in [7, 11) is 1.68. The predicted octanol–water partition coefficient (Wildman–Crippen LogP) is 1.41. The summed E-state index contributed by atoms with van der Waals surface area (Å²) < 4.78 is 13.4. The number of carbonyl (C=O) groups is 1. The minimum Gasteiger partial charge on any atom is -0.497 e. The molecule has 3 aliphatic heterocycles. The van der Waals surface area contributed by atoms with Gasteiger partial charge in [-0.05, 0) is 29.8 Å². The quantitative estimate of drug-likeness (QED) is 0.831. The molecule has 7 heteroatoms. The third-order valence-corrected chi connectivity index (χ3v) is 5.92. The molecule has 0 aliphatic carbocycles. The highest BCUT2D eigenvalue weighted by molar-refractivity contribution is 5.81. The number of methoxy groups -OCH3 is 1. The fourth-order valence-corrected chi connectivity index (χ4v) is 4.73. The lowest BCUT2D eigenvalue weighted by molar-refractivity contribution is -0.136. The number of hydrogen-bond acceptors (Lipinski definition) is 5. The molecule has 5 rings (SSSR count). The summed E-state index contributed by atoms with van der Waals surface area (Å²) in [5.74, 6) is 1.04. The van der Waals surface area contributed by atoms with Gasteiger partial charge in [-0.15, -0.1) is 0 Å². The highest BCUT2D eigenvalue weighted by Gasteiger charge is 2.61. The van der Waals surface area contributed by atoms with Crippen LogP contribution in [0.1, 0.15) is 18.4 Å². The summed E-state index contributed by atoms with van der Waals surface area (Å²) >= 11 is 0. The van der Waals surface area contributed by atoms with Crippen LogP contribution in [0.5, 0.6) is 5.75 Å². The molecule has 2 atom stereocenters. The second-order valence-corrected chi connectivity index (χ2v) is 7.12. The van der Waals surface area contributed by atoms with Crippen LogP contribution < -0.4 is 4.74 Å². The molecule has 3 aliphatic rings. The number of likely N-dealkylation sites (tertiary alicyclic amines) is 1. The van der Waals surface area contributed by atoms with Gasteiger partial charge < -0.3 is 14.4 Å². The molecule has 7 nitrogen and oxygen atoms in total. The summed E-state index contributed by atoms with van der Waals surface area (Å²) in [5, 5.41) is 4.38. The third kappa shape index (κ3) is 2.20. The highest BCUT2D eigenvalue weighted by atomic mass is 16.5. The lowest BCUT2D eigenvalue weighted by Crippen LogP contribution is -2.47. The molecule has 136 valence electrons. The van der Waals surface area contributed by atoms with Crippen LogP contribution in [0.3, 0.4) is 0 Å². The molecule has 0 radical (unpaired) electrons. The van der Waals surface area contributed by atoms with Crippen molar-refractivity contribution in [2.24, 2.45) is 0 Å². The van der Waals surface area contributed by atoms with Gasteiger partial charge in [0, 0.05) is 44.9 Å². The number of ether oxygens (including phenoxy) is 2. The smallest absolute Gasteiger partial charge is 0.226 e. The van der Waals surface area contributed by atoms with Crippen LogP contribution in [0.4, 0.5) is 0 Å². The Bertz CT molecular complexity index is 837. The molecule has 0 saturated carbocycles. The Labute approximate surface area is 152 Å². The van der Waals surface area contributed by atoms with E-state index in [-0.39, 0.29) is 11.9 Å². The lowest BCUT2D eigenvalue weighted by atomic mass is 10.1. The van der Waals surface area contributed by atoms with Crippen molar-refractivity contribution in [1.82, 2.24) is 19.6 Å². The van der Waals surface area contributed by atoms with Gasteiger partial charge >= 0.3 is 0 Å². The normalized spacial score (nSPS) is 27.8. The monoisotopic (exact) mass is 354 g/mol. The summed E-state index contributed by atoms with van der Waals surface area (Å²) in [6.07, 6.45) is 5.14. The van der Waals surface area contributed by atoms with Crippen LogP contribution >= 0.6 is 0 Å². The first kappa shape index (κ1) is 15.8. The maximum atomic E-state index is 12.4. The molecule has 4 heterocycles. The molecule has 2 aromatic rings. The van der Waals surface area contributed by atoms with Crippen LogP contribution in [-0.4, -0.2) is 64.1 Å². The molecular formula is C19H22N4O3. The van der Waals surface area contributed by atoms with E-state index in [0.717, 1.165) is 43.1 Å². The predicted molar refractivity (Wildman–Crippen MR) is 93.9 cm³/mol. The molecule has 1 amide bonds. The zero-order chi connectivity index (χ0) is 17.7. The van der Waals surface area contributed by atoms with Gasteiger partial charge in [-0.2, -0.15) is 5.10 Å². The third-order valence-electron chi connectivity index (χ3n) is 5.92. The van der Waals surface area contributed by atoms with E-state index in [1.807, 2.05) is 34.0 Å². The van der Waals surface area contributed by atoms with Gasteiger partial charge in [0.15, 0.2) is 5.72 Å². The van der Waals surface area contributed by atoms with Crippen LogP contribution in [-0.2, 0) is 16.1 Å². The number of aromatic nitrogens is 2. The highest BCUT2D eigenvalue weighted by Crippen LogP contribution is 2.46. The first-order valence-corrected chi connectivity index (χ1v) is 9.07. The zero-order valence-electron chi connectivity index (χ0n) is 14.8. The average molecular weight is 354 g/mol.